The minimum Gasteiger partial charge on any atom is -0.353 e. The van der Waals surface area contributed by atoms with Gasteiger partial charge in [0.2, 0.25) is 5.91 Å². The lowest BCUT2D eigenvalue weighted by Crippen LogP contribution is -2.37. The van der Waals surface area contributed by atoms with Crippen molar-refractivity contribution in [3.63, 3.8) is 0 Å². The Morgan fingerprint density at radius 1 is 1.11 bits per heavy atom. The molecule has 4 nitrogen and oxygen atoms in total. The first-order valence-corrected chi connectivity index (χ1v) is 10.4. The van der Waals surface area contributed by atoms with Crippen LogP contribution in [0.25, 0.3) is 5.65 Å². The van der Waals surface area contributed by atoms with Crippen molar-refractivity contribution in [2.45, 2.75) is 64.3 Å². The van der Waals surface area contributed by atoms with E-state index in [0.29, 0.717) is 12.5 Å². The van der Waals surface area contributed by atoms with Gasteiger partial charge in [0.25, 0.3) is 0 Å². The summed E-state index contributed by atoms with van der Waals surface area (Å²) in [7, 11) is 0. The van der Waals surface area contributed by atoms with Crippen molar-refractivity contribution in [2.75, 3.05) is 0 Å². The summed E-state index contributed by atoms with van der Waals surface area (Å²) in [6, 6.07) is 12.8. The average Bonchev–Trinajstić information content (AvgIpc) is 3.13. The normalized spacial score (nSPS) is 16.2. The quantitative estimate of drug-likeness (QED) is 0.688. The number of rotatable bonds is 5. The van der Waals surface area contributed by atoms with E-state index in [9.17, 15) is 4.79 Å². The van der Waals surface area contributed by atoms with E-state index >= 15 is 0 Å². The molecule has 0 bridgehead atoms. The third-order valence-electron chi connectivity index (χ3n) is 6.04. The SMILES string of the molecule is Cc1ccccc1C(CC(=O)NC1CCCCC1)c1cnc2c(C)cccn12. The van der Waals surface area contributed by atoms with Crippen LogP contribution in [0, 0.1) is 13.8 Å². The zero-order valence-corrected chi connectivity index (χ0v) is 16.8. The van der Waals surface area contributed by atoms with Crippen molar-refractivity contribution in [1.82, 2.24) is 14.7 Å². The summed E-state index contributed by atoms with van der Waals surface area (Å²) >= 11 is 0. The minimum absolute atomic E-state index is 0.0124. The van der Waals surface area contributed by atoms with Gasteiger partial charge in [-0.05, 0) is 49.4 Å². The molecule has 0 saturated heterocycles. The van der Waals surface area contributed by atoms with Gasteiger partial charge < -0.3 is 9.72 Å². The topological polar surface area (TPSA) is 46.4 Å². The predicted octanol–water partition coefficient (Wildman–Crippen LogP) is 4.92. The number of carbonyl (C=O) groups is 1. The molecule has 28 heavy (non-hydrogen) atoms. The lowest BCUT2D eigenvalue weighted by atomic mass is 9.88. The van der Waals surface area contributed by atoms with Crippen molar-refractivity contribution >= 4 is 11.6 Å². The number of nitrogens with one attached hydrogen (secondary N) is 1. The number of imidazole rings is 1. The number of carbonyl (C=O) groups excluding carboxylic acids is 1. The van der Waals surface area contributed by atoms with Crippen LogP contribution in [0.3, 0.4) is 0 Å². The zero-order valence-electron chi connectivity index (χ0n) is 16.8. The van der Waals surface area contributed by atoms with Gasteiger partial charge in [-0.25, -0.2) is 4.98 Å². The van der Waals surface area contributed by atoms with E-state index in [0.717, 1.165) is 29.7 Å². The second kappa shape index (κ2) is 8.17. The molecule has 4 rings (SSSR count). The van der Waals surface area contributed by atoms with Gasteiger partial charge in [0, 0.05) is 30.8 Å². The van der Waals surface area contributed by atoms with Gasteiger partial charge in [0.05, 0.1) is 5.69 Å². The summed E-state index contributed by atoms with van der Waals surface area (Å²) in [5.41, 5.74) is 5.59. The number of amides is 1. The monoisotopic (exact) mass is 375 g/mol. The fourth-order valence-corrected chi connectivity index (χ4v) is 4.50. The molecule has 1 unspecified atom stereocenters. The van der Waals surface area contributed by atoms with Gasteiger partial charge in [-0.2, -0.15) is 0 Å². The van der Waals surface area contributed by atoms with E-state index < -0.39 is 0 Å². The molecular formula is C24H29N3O. The van der Waals surface area contributed by atoms with Crippen molar-refractivity contribution in [1.29, 1.82) is 0 Å². The van der Waals surface area contributed by atoms with Crippen LogP contribution < -0.4 is 5.32 Å². The van der Waals surface area contributed by atoms with Crippen LogP contribution in [0.15, 0.2) is 48.8 Å². The third-order valence-corrected chi connectivity index (χ3v) is 6.04. The summed E-state index contributed by atoms with van der Waals surface area (Å²) in [6.07, 6.45) is 10.4. The Labute approximate surface area is 167 Å². The van der Waals surface area contributed by atoms with Crippen molar-refractivity contribution in [2.24, 2.45) is 0 Å². The molecule has 1 amide bonds. The smallest absolute Gasteiger partial charge is 0.221 e. The molecule has 1 atom stereocenters. The van der Waals surface area contributed by atoms with Gasteiger partial charge in [0.15, 0.2) is 0 Å². The van der Waals surface area contributed by atoms with E-state index in [4.69, 9.17) is 0 Å². The molecule has 2 heterocycles. The maximum Gasteiger partial charge on any atom is 0.221 e. The minimum atomic E-state index is -0.0124. The number of aromatic nitrogens is 2. The Bertz CT molecular complexity index is 969. The van der Waals surface area contributed by atoms with Gasteiger partial charge in [0.1, 0.15) is 5.65 Å². The highest BCUT2D eigenvalue weighted by Gasteiger charge is 2.25. The maximum atomic E-state index is 13.0. The number of fused-ring (bicyclic) bond motifs is 1. The molecule has 146 valence electrons. The van der Waals surface area contributed by atoms with Crippen LogP contribution in [0.1, 0.15) is 66.8 Å². The molecule has 1 fully saturated rings. The van der Waals surface area contributed by atoms with Crippen LogP contribution in [0.4, 0.5) is 0 Å². The second-order valence-electron chi connectivity index (χ2n) is 8.08. The summed E-state index contributed by atoms with van der Waals surface area (Å²) in [6.45, 7) is 4.19. The fraction of sp³-hybridized carbons (Fsp3) is 0.417. The molecule has 1 saturated carbocycles. The van der Waals surface area contributed by atoms with Gasteiger partial charge >= 0.3 is 0 Å². The Morgan fingerprint density at radius 3 is 2.64 bits per heavy atom. The number of pyridine rings is 1. The van der Waals surface area contributed by atoms with Gasteiger partial charge in [-0.15, -0.1) is 0 Å². The highest BCUT2D eigenvalue weighted by molar-refractivity contribution is 5.78. The van der Waals surface area contributed by atoms with Crippen LogP contribution in [0.2, 0.25) is 0 Å². The molecule has 0 radical (unpaired) electrons. The lowest BCUT2D eigenvalue weighted by molar-refractivity contribution is -0.122. The van der Waals surface area contributed by atoms with Crippen LogP contribution in [0.5, 0.6) is 0 Å². The van der Waals surface area contributed by atoms with Crippen LogP contribution in [-0.4, -0.2) is 21.3 Å². The van der Waals surface area contributed by atoms with E-state index in [1.54, 1.807) is 0 Å². The largest absolute Gasteiger partial charge is 0.353 e. The molecule has 1 N–H and O–H groups in total. The molecule has 1 aliphatic rings. The summed E-state index contributed by atoms with van der Waals surface area (Å²) in [5, 5.41) is 3.29. The Hall–Kier alpha value is -2.62. The number of hydrogen-bond donors (Lipinski definition) is 1. The molecule has 3 aromatic rings. The molecule has 2 aromatic heterocycles. The third kappa shape index (κ3) is 3.82. The van der Waals surface area contributed by atoms with Crippen molar-refractivity contribution < 1.29 is 4.79 Å². The Kier molecular flexibility index (Phi) is 5.47. The Balaban J connectivity index is 1.67. The summed E-state index contributed by atoms with van der Waals surface area (Å²) in [5.74, 6) is 0.129. The number of nitrogens with zero attached hydrogens (tertiary/aromatic N) is 2. The Morgan fingerprint density at radius 2 is 1.86 bits per heavy atom. The lowest BCUT2D eigenvalue weighted by Gasteiger charge is -2.25. The van der Waals surface area contributed by atoms with E-state index in [-0.39, 0.29) is 11.8 Å². The first-order chi connectivity index (χ1) is 13.6. The van der Waals surface area contributed by atoms with Crippen LogP contribution >= 0.6 is 0 Å². The maximum absolute atomic E-state index is 13.0. The number of hydrogen-bond acceptors (Lipinski definition) is 2. The summed E-state index contributed by atoms with van der Waals surface area (Å²) in [4.78, 5) is 17.6. The number of aryl methyl sites for hydroxylation is 2. The first kappa shape index (κ1) is 18.7. The van der Waals surface area contributed by atoms with Gasteiger partial charge in [-0.3, -0.25) is 4.79 Å². The molecule has 0 aliphatic heterocycles. The number of benzene rings is 1. The summed E-state index contributed by atoms with van der Waals surface area (Å²) < 4.78 is 2.14. The molecular weight excluding hydrogens is 346 g/mol. The second-order valence-corrected chi connectivity index (χ2v) is 8.08. The highest BCUT2D eigenvalue weighted by atomic mass is 16.1. The molecule has 0 spiro atoms. The van der Waals surface area contributed by atoms with Crippen LogP contribution in [-0.2, 0) is 4.79 Å². The van der Waals surface area contributed by atoms with E-state index in [1.165, 1.54) is 30.4 Å². The predicted molar refractivity (Wildman–Crippen MR) is 113 cm³/mol. The average molecular weight is 376 g/mol. The molecule has 1 aliphatic carbocycles. The molecule has 4 heteroatoms. The van der Waals surface area contributed by atoms with Crippen molar-refractivity contribution in [3.8, 4) is 0 Å². The van der Waals surface area contributed by atoms with E-state index in [2.05, 4.69) is 65.1 Å². The molecule has 1 aromatic carbocycles. The fourth-order valence-electron chi connectivity index (χ4n) is 4.50. The standard InChI is InChI=1S/C24H29N3O/c1-17-9-6-7-13-20(17)21(15-23(28)26-19-11-4-3-5-12-19)22-16-25-24-18(2)10-8-14-27(22)24/h6-10,13-14,16,19,21H,3-5,11-12,15H2,1-2H3,(H,26,28). The van der Waals surface area contributed by atoms with Gasteiger partial charge in [-0.1, -0.05) is 49.6 Å². The zero-order chi connectivity index (χ0) is 19.5. The highest BCUT2D eigenvalue weighted by Crippen LogP contribution is 2.31. The first-order valence-electron chi connectivity index (χ1n) is 10.4. The van der Waals surface area contributed by atoms with E-state index in [1.807, 2.05) is 12.3 Å². The van der Waals surface area contributed by atoms with Crippen molar-refractivity contribution in [3.05, 3.63) is 71.2 Å².